The molecular weight excluding hydrogens is 184 g/mol. The zero-order valence-corrected chi connectivity index (χ0v) is 9.53. The van der Waals surface area contributed by atoms with E-state index in [0.29, 0.717) is 18.0 Å². The van der Waals surface area contributed by atoms with Gasteiger partial charge in [-0.05, 0) is 11.5 Å². The maximum atomic E-state index is 3.60. The van der Waals surface area contributed by atoms with Crippen molar-refractivity contribution in [3.05, 3.63) is 35.9 Å². The fourth-order valence-corrected chi connectivity index (χ4v) is 2.08. The highest BCUT2D eigenvalue weighted by atomic mass is 15.1. The molecule has 2 heteroatoms. The van der Waals surface area contributed by atoms with Crippen molar-refractivity contribution >= 4 is 0 Å². The summed E-state index contributed by atoms with van der Waals surface area (Å²) in [5.74, 6) is 0.703. The molecule has 2 atom stereocenters. The standard InChI is InChI=1S/C13H20N2/c1-10(2)12-8-15-13(9-14-12)11-6-4-3-5-7-11/h3-7,10,12-15H,8-9H2,1-2H3/t12-,13+/m1/s1. The van der Waals surface area contributed by atoms with Crippen LogP contribution in [0.5, 0.6) is 0 Å². The van der Waals surface area contributed by atoms with Crippen LogP contribution in [0.4, 0.5) is 0 Å². The van der Waals surface area contributed by atoms with E-state index in [0.717, 1.165) is 13.1 Å². The van der Waals surface area contributed by atoms with Gasteiger partial charge in [-0.15, -0.1) is 0 Å². The van der Waals surface area contributed by atoms with Crippen LogP contribution in [0.1, 0.15) is 25.5 Å². The van der Waals surface area contributed by atoms with Gasteiger partial charge in [-0.1, -0.05) is 44.2 Å². The van der Waals surface area contributed by atoms with Gasteiger partial charge >= 0.3 is 0 Å². The second-order valence-corrected chi connectivity index (χ2v) is 4.63. The van der Waals surface area contributed by atoms with Crippen molar-refractivity contribution in [1.82, 2.24) is 10.6 Å². The molecule has 2 N–H and O–H groups in total. The van der Waals surface area contributed by atoms with Crippen LogP contribution in [0.3, 0.4) is 0 Å². The Hall–Kier alpha value is -0.860. The zero-order chi connectivity index (χ0) is 10.7. The van der Waals surface area contributed by atoms with Crippen LogP contribution in [0.15, 0.2) is 30.3 Å². The van der Waals surface area contributed by atoms with Crippen LogP contribution in [0, 0.1) is 5.92 Å². The highest BCUT2D eigenvalue weighted by Crippen LogP contribution is 2.16. The number of hydrogen-bond acceptors (Lipinski definition) is 2. The molecule has 1 aromatic rings. The van der Waals surface area contributed by atoms with Gasteiger partial charge in [0.25, 0.3) is 0 Å². The lowest BCUT2D eigenvalue weighted by molar-refractivity contribution is 0.297. The van der Waals surface area contributed by atoms with E-state index in [4.69, 9.17) is 0 Å². The minimum Gasteiger partial charge on any atom is -0.311 e. The third-order valence-electron chi connectivity index (χ3n) is 3.18. The van der Waals surface area contributed by atoms with Crippen molar-refractivity contribution in [3.63, 3.8) is 0 Å². The van der Waals surface area contributed by atoms with Crippen molar-refractivity contribution < 1.29 is 0 Å². The van der Waals surface area contributed by atoms with E-state index in [1.807, 2.05) is 0 Å². The third kappa shape index (κ3) is 2.58. The Bertz CT molecular complexity index is 287. The molecule has 0 aromatic heterocycles. The van der Waals surface area contributed by atoms with E-state index in [2.05, 4.69) is 54.8 Å². The van der Waals surface area contributed by atoms with E-state index in [-0.39, 0.29) is 0 Å². The molecule has 1 aliphatic heterocycles. The van der Waals surface area contributed by atoms with E-state index in [9.17, 15) is 0 Å². The lowest BCUT2D eigenvalue weighted by Crippen LogP contribution is -2.52. The van der Waals surface area contributed by atoms with E-state index < -0.39 is 0 Å². The Kier molecular flexibility index (Phi) is 3.39. The van der Waals surface area contributed by atoms with Crippen LogP contribution in [0.2, 0.25) is 0 Å². The average molecular weight is 204 g/mol. The Balaban J connectivity index is 1.94. The predicted molar refractivity (Wildman–Crippen MR) is 63.8 cm³/mol. The topological polar surface area (TPSA) is 24.1 Å². The third-order valence-corrected chi connectivity index (χ3v) is 3.18. The molecule has 0 aliphatic carbocycles. The first-order valence-electron chi connectivity index (χ1n) is 5.79. The summed E-state index contributed by atoms with van der Waals surface area (Å²) >= 11 is 0. The Morgan fingerprint density at radius 3 is 2.33 bits per heavy atom. The van der Waals surface area contributed by atoms with Gasteiger partial charge < -0.3 is 10.6 Å². The summed E-state index contributed by atoms with van der Waals surface area (Å²) in [7, 11) is 0. The van der Waals surface area contributed by atoms with Crippen LogP contribution in [-0.2, 0) is 0 Å². The fourth-order valence-electron chi connectivity index (χ4n) is 2.08. The SMILES string of the molecule is CC(C)[C@H]1CN[C@H](c2ccccc2)CN1. The Labute approximate surface area is 92.1 Å². The number of nitrogens with one attached hydrogen (secondary N) is 2. The summed E-state index contributed by atoms with van der Waals surface area (Å²) in [6.45, 7) is 6.63. The van der Waals surface area contributed by atoms with Gasteiger partial charge in [-0.2, -0.15) is 0 Å². The number of hydrogen-bond donors (Lipinski definition) is 2. The maximum Gasteiger partial charge on any atom is 0.0447 e. The fraction of sp³-hybridized carbons (Fsp3) is 0.538. The molecule has 15 heavy (non-hydrogen) atoms. The average Bonchev–Trinajstić information content (AvgIpc) is 2.30. The molecule has 2 rings (SSSR count). The van der Waals surface area contributed by atoms with Gasteiger partial charge in [0.2, 0.25) is 0 Å². The first-order chi connectivity index (χ1) is 7.27. The van der Waals surface area contributed by atoms with Gasteiger partial charge in [0, 0.05) is 25.2 Å². The van der Waals surface area contributed by atoms with Gasteiger partial charge in [-0.3, -0.25) is 0 Å². The van der Waals surface area contributed by atoms with E-state index in [1.165, 1.54) is 5.56 Å². The summed E-state index contributed by atoms with van der Waals surface area (Å²) in [5.41, 5.74) is 1.38. The van der Waals surface area contributed by atoms with Gasteiger partial charge in [0.05, 0.1) is 0 Å². The van der Waals surface area contributed by atoms with Crippen molar-refractivity contribution in [2.24, 2.45) is 5.92 Å². The lowest BCUT2D eigenvalue weighted by atomic mass is 9.98. The largest absolute Gasteiger partial charge is 0.311 e. The minimum atomic E-state index is 0.473. The minimum absolute atomic E-state index is 0.473. The van der Waals surface area contributed by atoms with Crippen molar-refractivity contribution in [1.29, 1.82) is 0 Å². The van der Waals surface area contributed by atoms with E-state index >= 15 is 0 Å². The first-order valence-corrected chi connectivity index (χ1v) is 5.79. The normalized spacial score (nSPS) is 26.9. The zero-order valence-electron chi connectivity index (χ0n) is 9.53. The smallest absolute Gasteiger partial charge is 0.0447 e. The molecule has 0 radical (unpaired) electrons. The van der Waals surface area contributed by atoms with Crippen LogP contribution in [-0.4, -0.2) is 19.1 Å². The molecule has 1 heterocycles. The second-order valence-electron chi connectivity index (χ2n) is 4.63. The molecule has 1 aliphatic rings. The van der Waals surface area contributed by atoms with Gasteiger partial charge in [0.15, 0.2) is 0 Å². The van der Waals surface area contributed by atoms with E-state index in [1.54, 1.807) is 0 Å². The highest BCUT2D eigenvalue weighted by molar-refractivity contribution is 5.20. The molecule has 0 saturated carbocycles. The molecule has 0 amide bonds. The monoisotopic (exact) mass is 204 g/mol. The Morgan fingerprint density at radius 1 is 1.07 bits per heavy atom. The summed E-state index contributed by atoms with van der Waals surface area (Å²) < 4.78 is 0. The highest BCUT2D eigenvalue weighted by Gasteiger charge is 2.22. The molecule has 2 nitrogen and oxygen atoms in total. The van der Waals surface area contributed by atoms with Crippen LogP contribution in [0.25, 0.3) is 0 Å². The quantitative estimate of drug-likeness (QED) is 0.769. The predicted octanol–water partition coefficient (Wildman–Crippen LogP) is 1.95. The Morgan fingerprint density at radius 2 is 1.80 bits per heavy atom. The number of benzene rings is 1. The molecule has 0 bridgehead atoms. The summed E-state index contributed by atoms with van der Waals surface area (Å²) in [6, 6.07) is 11.7. The van der Waals surface area contributed by atoms with Crippen LogP contribution >= 0.6 is 0 Å². The molecule has 82 valence electrons. The molecule has 1 aromatic carbocycles. The summed E-state index contributed by atoms with van der Waals surface area (Å²) in [5, 5.41) is 7.21. The summed E-state index contributed by atoms with van der Waals surface area (Å²) in [6.07, 6.45) is 0. The number of piperazine rings is 1. The van der Waals surface area contributed by atoms with Crippen molar-refractivity contribution in [3.8, 4) is 0 Å². The van der Waals surface area contributed by atoms with Crippen molar-refractivity contribution in [2.45, 2.75) is 25.9 Å². The summed E-state index contributed by atoms with van der Waals surface area (Å²) in [4.78, 5) is 0. The second kappa shape index (κ2) is 4.77. The van der Waals surface area contributed by atoms with Crippen molar-refractivity contribution in [2.75, 3.05) is 13.1 Å². The molecule has 1 fully saturated rings. The lowest BCUT2D eigenvalue weighted by Gasteiger charge is -2.33. The first kappa shape index (κ1) is 10.7. The molecule has 1 saturated heterocycles. The van der Waals surface area contributed by atoms with Crippen LogP contribution < -0.4 is 10.6 Å². The van der Waals surface area contributed by atoms with Gasteiger partial charge in [0.1, 0.15) is 0 Å². The molecule has 0 unspecified atom stereocenters. The maximum absolute atomic E-state index is 3.60. The molecule has 0 spiro atoms. The number of rotatable bonds is 2. The molecular formula is C13H20N2. The van der Waals surface area contributed by atoms with Gasteiger partial charge in [-0.25, -0.2) is 0 Å².